The summed E-state index contributed by atoms with van der Waals surface area (Å²) in [5.41, 5.74) is 0. The van der Waals surface area contributed by atoms with Gasteiger partial charge in [-0.2, -0.15) is 0 Å². The van der Waals surface area contributed by atoms with Crippen LogP contribution in [0, 0.1) is 0 Å². The summed E-state index contributed by atoms with van der Waals surface area (Å²) in [6, 6.07) is 1.43. The van der Waals surface area contributed by atoms with Crippen molar-refractivity contribution in [1.29, 1.82) is 0 Å². The van der Waals surface area contributed by atoms with E-state index in [1.165, 1.54) is 12.3 Å². The van der Waals surface area contributed by atoms with Crippen LogP contribution in [0.4, 0.5) is 0 Å². The highest BCUT2D eigenvalue weighted by molar-refractivity contribution is 9.10. The molecule has 1 atom stereocenters. The van der Waals surface area contributed by atoms with E-state index in [1.807, 2.05) is 0 Å². The SMILES string of the molecule is CCN1CCOC(CNS(=O)(=O)c2cc(Br)cnc2Cl)C1. The molecular formula is C12H17BrClN3O3S. The molecule has 1 aromatic rings. The minimum absolute atomic E-state index is 0.0401. The molecule has 0 amide bonds. The van der Waals surface area contributed by atoms with Gasteiger partial charge in [-0.05, 0) is 28.5 Å². The lowest BCUT2D eigenvalue weighted by Crippen LogP contribution is -2.47. The van der Waals surface area contributed by atoms with Gasteiger partial charge in [-0.25, -0.2) is 18.1 Å². The van der Waals surface area contributed by atoms with Gasteiger partial charge in [0.05, 0.1) is 12.7 Å². The second kappa shape index (κ2) is 7.34. The van der Waals surface area contributed by atoms with Crippen LogP contribution in [0.5, 0.6) is 0 Å². The van der Waals surface area contributed by atoms with Crippen LogP contribution in [0.1, 0.15) is 6.92 Å². The standard InChI is InChI=1S/C12H17BrClN3O3S/c1-2-17-3-4-20-10(8-17)7-16-21(18,19)11-5-9(13)6-15-12(11)14/h5-6,10,16H,2-4,7-8H2,1H3. The number of nitrogens with one attached hydrogen (secondary N) is 1. The van der Waals surface area contributed by atoms with Gasteiger partial charge < -0.3 is 4.74 Å². The van der Waals surface area contributed by atoms with E-state index in [0.717, 1.165) is 13.1 Å². The molecule has 0 spiro atoms. The fourth-order valence-corrected chi connectivity index (χ4v) is 4.07. The molecular weight excluding hydrogens is 382 g/mol. The van der Waals surface area contributed by atoms with Gasteiger partial charge in [0.2, 0.25) is 10.0 Å². The number of likely N-dealkylation sites (N-methyl/N-ethyl adjacent to an activating group) is 1. The molecule has 2 rings (SSSR count). The van der Waals surface area contributed by atoms with Gasteiger partial charge in [-0.1, -0.05) is 18.5 Å². The van der Waals surface area contributed by atoms with Crippen molar-refractivity contribution in [3.05, 3.63) is 21.9 Å². The van der Waals surface area contributed by atoms with Crippen LogP contribution in [0.2, 0.25) is 5.15 Å². The summed E-state index contributed by atoms with van der Waals surface area (Å²) in [6.07, 6.45) is 1.29. The molecule has 118 valence electrons. The lowest BCUT2D eigenvalue weighted by Gasteiger charge is -2.32. The van der Waals surface area contributed by atoms with E-state index in [2.05, 4.69) is 37.5 Å². The van der Waals surface area contributed by atoms with Crippen molar-refractivity contribution in [1.82, 2.24) is 14.6 Å². The van der Waals surface area contributed by atoms with Crippen molar-refractivity contribution in [3.63, 3.8) is 0 Å². The molecule has 0 radical (unpaired) electrons. The van der Waals surface area contributed by atoms with Gasteiger partial charge in [0.15, 0.2) is 0 Å². The molecule has 0 aliphatic carbocycles. The first-order valence-corrected chi connectivity index (χ1v) is 9.22. The first kappa shape index (κ1) is 17.1. The zero-order valence-corrected chi connectivity index (χ0v) is 14.7. The van der Waals surface area contributed by atoms with Gasteiger partial charge in [0.25, 0.3) is 0 Å². The van der Waals surface area contributed by atoms with Crippen molar-refractivity contribution >= 4 is 37.6 Å². The Morgan fingerprint density at radius 1 is 1.62 bits per heavy atom. The molecule has 1 aliphatic rings. The van der Waals surface area contributed by atoms with Crippen LogP contribution in [-0.4, -0.2) is 57.2 Å². The van der Waals surface area contributed by atoms with E-state index in [9.17, 15) is 8.42 Å². The maximum Gasteiger partial charge on any atom is 0.243 e. The number of hydrogen-bond donors (Lipinski definition) is 1. The molecule has 21 heavy (non-hydrogen) atoms. The summed E-state index contributed by atoms with van der Waals surface area (Å²) in [6.45, 7) is 5.40. The van der Waals surface area contributed by atoms with E-state index in [-0.39, 0.29) is 22.7 Å². The summed E-state index contributed by atoms with van der Waals surface area (Å²) >= 11 is 9.05. The number of nitrogens with zero attached hydrogens (tertiary/aromatic N) is 2. The van der Waals surface area contributed by atoms with Crippen LogP contribution in [-0.2, 0) is 14.8 Å². The Morgan fingerprint density at radius 3 is 3.10 bits per heavy atom. The normalized spacial score (nSPS) is 20.6. The summed E-state index contributed by atoms with van der Waals surface area (Å²) in [4.78, 5) is 6.00. The second-order valence-corrected chi connectivity index (χ2v) is 7.69. The summed E-state index contributed by atoms with van der Waals surface area (Å²) in [5, 5.41) is -0.0505. The Balaban J connectivity index is 2.03. The monoisotopic (exact) mass is 397 g/mol. The van der Waals surface area contributed by atoms with Crippen LogP contribution < -0.4 is 4.72 Å². The first-order chi connectivity index (χ1) is 9.92. The lowest BCUT2D eigenvalue weighted by atomic mass is 10.3. The smallest absolute Gasteiger partial charge is 0.243 e. The average Bonchev–Trinajstić information content (AvgIpc) is 2.48. The maximum atomic E-state index is 12.3. The lowest BCUT2D eigenvalue weighted by molar-refractivity contribution is -0.0229. The Kier molecular flexibility index (Phi) is 5.98. The number of aromatic nitrogens is 1. The van der Waals surface area contributed by atoms with Gasteiger partial charge in [0.1, 0.15) is 10.0 Å². The second-order valence-electron chi connectivity index (χ2n) is 4.68. The van der Waals surface area contributed by atoms with E-state index in [0.29, 0.717) is 17.6 Å². The van der Waals surface area contributed by atoms with Crippen molar-refractivity contribution in [2.45, 2.75) is 17.9 Å². The quantitative estimate of drug-likeness (QED) is 0.761. The fraction of sp³-hybridized carbons (Fsp3) is 0.583. The van der Waals surface area contributed by atoms with E-state index in [4.69, 9.17) is 16.3 Å². The third-order valence-electron chi connectivity index (χ3n) is 3.23. The first-order valence-electron chi connectivity index (χ1n) is 6.57. The highest BCUT2D eigenvalue weighted by Gasteiger charge is 2.24. The zero-order chi connectivity index (χ0) is 15.5. The van der Waals surface area contributed by atoms with Crippen molar-refractivity contribution in [2.75, 3.05) is 32.8 Å². The number of pyridine rings is 1. The molecule has 1 N–H and O–H groups in total. The third kappa shape index (κ3) is 4.61. The third-order valence-corrected chi connectivity index (χ3v) is 5.52. The highest BCUT2D eigenvalue weighted by Crippen LogP contribution is 2.22. The van der Waals surface area contributed by atoms with Crippen molar-refractivity contribution < 1.29 is 13.2 Å². The Hall–Kier alpha value is -0.250. The van der Waals surface area contributed by atoms with Gasteiger partial charge >= 0.3 is 0 Å². The number of morpholine rings is 1. The molecule has 2 heterocycles. The van der Waals surface area contributed by atoms with Crippen molar-refractivity contribution in [2.24, 2.45) is 0 Å². The number of sulfonamides is 1. The Labute approximate surface area is 138 Å². The molecule has 1 aromatic heterocycles. The van der Waals surface area contributed by atoms with E-state index in [1.54, 1.807) is 0 Å². The maximum absolute atomic E-state index is 12.3. The predicted molar refractivity (Wildman–Crippen MR) is 84.0 cm³/mol. The molecule has 1 fully saturated rings. The minimum atomic E-state index is -3.71. The number of halogens is 2. The number of hydrogen-bond acceptors (Lipinski definition) is 5. The Morgan fingerprint density at radius 2 is 2.38 bits per heavy atom. The average molecular weight is 399 g/mol. The van der Waals surface area contributed by atoms with E-state index >= 15 is 0 Å². The molecule has 0 aromatic carbocycles. The van der Waals surface area contributed by atoms with Gasteiger partial charge in [-0.3, -0.25) is 4.90 Å². The van der Waals surface area contributed by atoms with E-state index < -0.39 is 10.0 Å². The molecule has 1 saturated heterocycles. The fourth-order valence-electron chi connectivity index (χ4n) is 2.06. The molecule has 0 saturated carbocycles. The van der Waals surface area contributed by atoms with Gasteiger partial charge in [-0.15, -0.1) is 0 Å². The van der Waals surface area contributed by atoms with Crippen LogP contribution in [0.3, 0.4) is 0 Å². The molecule has 6 nitrogen and oxygen atoms in total. The summed E-state index contributed by atoms with van der Waals surface area (Å²) < 4.78 is 33.2. The zero-order valence-electron chi connectivity index (χ0n) is 11.6. The molecule has 9 heteroatoms. The summed E-state index contributed by atoms with van der Waals surface area (Å²) in [5.74, 6) is 0. The number of rotatable bonds is 5. The predicted octanol–water partition coefficient (Wildman–Crippen LogP) is 1.50. The van der Waals surface area contributed by atoms with Crippen LogP contribution in [0.25, 0.3) is 0 Å². The van der Waals surface area contributed by atoms with Gasteiger partial charge in [0, 0.05) is 30.3 Å². The van der Waals surface area contributed by atoms with Crippen LogP contribution >= 0.6 is 27.5 Å². The van der Waals surface area contributed by atoms with Crippen molar-refractivity contribution in [3.8, 4) is 0 Å². The molecule has 1 aliphatic heterocycles. The number of ether oxygens (including phenoxy) is 1. The largest absolute Gasteiger partial charge is 0.374 e. The molecule has 1 unspecified atom stereocenters. The summed E-state index contributed by atoms with van der Waals surface area (Å²) in [7, 11) is -3.71. The Bertz CT molecular complexity index is 599. The minimum Gasteiger partial charge on any atom is -0.374 e. The van der Waals surface area contributed by atoms with Crippen LogP contribution in [0.15, 0.2) is 21.6 Å². The highest BCUT2D eigenvalue weighted by atomic mass is 79.9. The molecule has 0 bridgehead atoms. The topological polar surface area (TPSA) is 71.5 Å².